The number of aryl methyl sites for hydroxylation is 1. The van der Waals surface area contributed by atoms with E-state index in [1.54, 1.807) is 7.11 Å². The summed E-state index contributed by atoms with van der Waals surface area (Å²) in [6, 6.07) is 17.4. The van der Waals surface area contributed by atoms with Crippen LogP contribution in [-0.2, 0) is 17.8 Å². The fraction of sp³-hybridized carbons (Fsp3) is 0.458. The Bertz CT molecular complexity index is 871. The Morgan fingerprint density at radius 3 is 2.77 bits per heavy atom. The highest BCUT2D eigenvalue weighted by Crippen LogP contribution is 2.25. The molecule has 2 aliphatic heterocycles. The van der Waals surface area contributed by atoms with Crippen molar-refractivity contribution < 1.29 is 9.47 Å². The second kappa shape index (κ2) is 9.49. The van der Waals surface area contributed by atoms with Crippen molar-refractivity contribution in [3.05, 3.63) is 65.2 Å². The number of morpholine rings is 1. The number of benzene rings is 2. The van der Waals surface area contributed by atoms with E-state index in [4.69, 9.17) is 9.47 Å². The molecular formula is C24H32N4O2. The first-order valence-electron chi connectivity index (χ1n) is 10.7. The van der Waals surface area contributed by atoms with Crippen LogP contribution in [0.5, 0.6) is 5.75 Å². The molecule has 2 fully saturated rings. The fourth-order valence-corrected chi connectivity index (χ4v) is 4.43. The summed E-state index contributed by atoms with van der Waals surface area (Å²) in [7, 11) is 3.56. The normalized spacial score (nSPS) is 22.1. The number of aliphatic imine (C=N–C) groups is 1. The molecule has 1 N–H and O–H groups in total. The highest BCUT2D eigenvalue weighted by Gasteiger charge is 2.41. The molecule has 4 rings (SSSR count). The summed E-state index contributed by atoms with van der Waals surface area (Å²) in [4.78, 5) is 9.42. The minimum Gasteiger partial charge on any atom is -0.496 e. The van der Waals surface area contributed by atoms with Gasteiger partial charge in [0.2, 0.25) is 0 Å². The van der Waals surface area contributed by atoms with Gasteiger partial charge in [-0.3, -0.25) is 9.89 Å². The lowest BCUT2D eigenvalue weighted by molar-refractivity contribution is -0.0502. The first kappa shape index (κ1) is 20.7. The summed E-state index contributed by atoms with van der Waals surface area (Å²) in [6.07, 6.45) is 0.223. The largest absolute Gasteiger partial charge is 0.496 e. The van der Waals surface area contributed by atoms with Crippen molar-refractivity contribution >= 4 is 5.96 Å². The molecule has 0 bridgehead atoms. The van der Waals surface area contributed by atoms with E-state index >= 15 is 0 Å². The van der Waals surface area contributed by atoms with Crippen LogP contribution in [0.3, 0.4) is 0 Å². The average molecular weight is 409 g/mol. The van der Waals surface area contributed by atoms with Crippen LogP contribution in [-0.4, -0.2) is 68.3 Å². The minimum absolute atomic E-state index is 0.223. The van der Waals surface area contributed by atoms with E-state index in [9.17, 15) is 0 Å². The molecule has 0 amide bonds. The third-order valence-corrected chi connectivity index (χ3v) is 6.08. The van der Waals surface area contributed by atoms with E-state index < -0.39 is 0 Å². The quantitative estimate of drug-likeness (QED) is 0.609. The van der Waals surface area contributed by atoms with Crippen molar-refractivity contribution in [2.75, 3.05) is 40.4 Å². The number of hydrogen-bond acceptors (Lipinski definition) is 4. The van der Waals surface area contributed by atoms with E-state index in [1.807, 2.05) is 7.05 Å². The lowest BCUT2D eigenvalue weighted by Crippen LogP contribution is -2.50. The highest BCUT2D eigenvalue weighted by atomic mass is 16.5. The topological polar surface area (TPSA) is 49.3 Å². The van der Waals surface area contributed by atoms with Gasteiger partial charge in [-0.25, -0.2) is 0 Å². The zero-order chi connectivity index (χ0) is 20.9. The molecule has 30 heavy (non-hydrogen) atoms. The van der Waals surface area contributed by atoms with Gasteiger partial charge < -0.3 is 19.7 Å². The Morgan fingerprint density at radius 2 is 2.00 bits per heavy atom. The molecular weight excluding hydrogens is 376 g/mol. The van der Waals surface area contributed by atoms with Gasteiger partial charge in [0.05, 0.1) is 25.9 Å². The Labute approximate surface area is 179 Å². The Kier molecular flexibility index (Phi) is 6.55. The van der Waals surface area contributed by atoms with E-state index in [2.05, 4.69) is 75.6 Å². The maximum absolute atomic E-state index is 6.12. The van der Waals surface area contributed by atoms with Gasteiger partial charge in [0, 0.05) is 39.8 Å². The molecule has 2 unspecified atom stereocenters. The van der Waals surface area contributed by atoms with Crippen molar-refractivity contribution in [3.63, 3.8) is 0 Å². The minimum atomic E-state index is 0.223. The van der Waals surface area contributed by atoms with Crippen molar-refractivity contribution in [1.29, 1.82) is 0 Å². The zero-order valence-electron chi connectivity index (χ0n) is 18.2. The molecule has 0 spiro atoms. The summed E-state index contributed by atoms with van der Waals surface area (Å²) in [6.45, 7) is 7.29. The zero-order valence-corrected chi connectivity index (χ0v) is 18.2. The molecule has 2 saturated heterocycles. The van der Waals surface area contributed by atoms with Gasteiger partial charge in [0.1, 0.15) is 5.75 Å². The van der Waals surface area contributed by atoms with E-state index in [0.29, 0.717) is 12.6 Å². The molecule has 0 aromatic heterocycles. The number of nitrogens with one attached hydrogen (secondary N) is 1. The molecule has 0 aliphatic carbocycles. The van der Waals surface area contributed by atoms with Gasteiger partial charge in [-0.2, -0.15) is 0 Å². The molecule has 2 atom stereocenters. The lowest BCUT2D eigenvalue weighted by atomic mass is 10.1. The molecule has 2 heterocycles. The Hall–Kier alpha value is -2.57. The first-order chi connectivity index (χ1) is 14.7. The predicted molar refractivity (Wildman–Crippen MR) is 120 cm³/mol. The number of likely N-dealkylation sites (tertiary alicyclic amines) is 1. The SMILES string of the molecule is CN=C(NCc1ccc(C)c(OC)c1)N1CC2OCCN(Cc3ccccc3)C2C1. The van der Waals surface area contributed by atoms with Crippen LogP contribution < -0.4 is 10.1 Å². The van der Waals surface area contributed by atoms with Crippen LogP contribution in [0.15, 0.2) is 53.5 Å². The maximum Gasteiger partial charge on any atom is 0.194 e. The van der Waals surface area contributed by atoms with E-state index in [0.717, 1.165) is 50.1 Å². The van der Waals surface area contributed by atoms with Gasteiger partial charge in [-0.15, -0.1) is 0 Å². The monoisotopic (exact) mass is 408 g/mol. The van der Waals surface area contributed by atoms with Gasteiger partial charge in [-0.1, -0.05) is 42.5 Å². The Morgan fingerprint density at radius 1 is 1.17 bits per heavy atom. The summed E-state index contributed by atoms with van der Waals surface area (Å²) >= 11 is 0. The van der Waals surface area contributed by atoms with E-state index in [1.165, 1.54) is 11.1 Å². The summed E-state index contributed by atoms with van der Waals surface area (Å²) in [5.41, 5.74) is 3.68. The number of nitrogens with zero attached hydrogens (tertiary/aromatic N) is 3. The molecule has 2 aromatic rings. The molecule has 0 saturated carbocycles. The van der Waals surface area contributed by atoms with Gasteiger partial charge in [0.25, 0.3) is 0 Å². The van der Waals surface area contributed by atoms with Crippen molar-refractivity contribution in [2.45, 2.75) is 32.2 Å². The maximum atomic E-state index is 6.12. The van der Waals surface area contributed by atoms with Crippen molar-refractivity contribution in [2.24, 2.45) is 4.99 Å². The van der Waals surface area contributed by atoms with Crippen LogP contribution in [0.4, 0.5) is 0 Å². The molecule has 2 aliphatic rings. The molecule has 6 nitrogen and oxygen atoms in total. The molecule has 2 aromatic carbocycles. The lowest BCUT2D eigenvalue weighted by Gasteiger charge is -2.36. The van der Waals surface area contributed by atoms with Crippen LogP contribution in [0.25, 0.3) is 0 Å². The summed E-state index contributed by atoms with van der Waals surface area (Å²) in [5.74, 6) is 1.84. The second-order valence-corrected chi connectivity index (χ2v) is 8.04. The van der Waals surface area contributed by atoms with Crippen LogP contribution in [0.2, 0.25) is 0 Å². The number of ether oxygens (including phenoxy) is 2. The third kappa shape index (κ3) is 4.60. The number of methoxy groups -OCH3 is 1. The first-order valence-corrected chi connectivity index (χ1v) is 10.7. The number of fused-ring (bicyclic) bond motifs is 1. The number of rotatable bonds is 5. The summed E-state index contributed by atoms with van der Waals surface area (Å²) < 4.78 is 11.6. The predicted octanol–water partition coefficient (Wildman–Crippen LogP) is 2.66. The fourth-order valence-electron chi connectivity index (χ4n) is 4.43. The van der Waals surface area contributed by atoms with Crippen LogP contribution in [0, 0.1) is 6.92 Å². The molecule has 0 radical (unpaired) electrons. The highest BCUT2D eigenvalue weighted by molar-refractivity contribution is 5.80. The number of guanidine groups is 1. The van der Waals surface area contributed by atoms with Gasteiger partial charge in [-0.05, 0) is 29.7 Å². The van der Waals surface area contributed by atoms with Crippen LogP contribution in [0.1, 0.15) is 16.7 Å². The molecule has 160 valence electrons. The Balaban J connectivity index is 1.39. The van der Waals surface area contributed by atoms with Gasteiger partial charge >= 0.3 is 0 Å². The standard InChI is InChI=1S/C24H32N4O2/c1-18-9-10-20(13-22(18)29-3)14-26-24(25-2)28-16-21-23(17-28)30-12-11-27(21)15-19-7-5-4-6-8-19/h4-10,13,21,23H,11-12,14-17H2,1-3H3,(H,25,26). The smallest absolute Gasteiger partial charge is 0.194 e. The van der Waals surface area contributed by atoms with Crippen molar-refractivity contribution in [3.8, 4) is 5.75 Å². The molecule has 6 heteroatoms. The number of hydrogen-bond donors (Lipinski definition) is 1. The average Bonchev–Trinajstić information content (AvgIpc) is 3.21. The van der Waals surface area contributed by atoms with E-state index in [-0.39, 0.29) is 6.10 Å². The van der Waals surface area contributed by atoms with Crippen molar-refractivity contribution in [1.82, 2.24) is 15.1 Å². The van der Waals surface area contributed by atoms with Crippen LogP contribution >= 0.6 is 0 Å². The summed E-state index contributed by atoms with van der Waals surface area (Å²) in [5, 5.41) is 3.52. The second-order valence-electron chi connectivity index (χ2n) is 8.04. The van der Waals surface area contributed by atoms with Gasteiger partial charge in [0.15, 0.2) is 5.96 Å². The third-order valence-electron chi connectivity index (χ3n) is 6.08.